The first-order chi connectivity index (χ1) is 6.74. The highest BCUT2D eigenvalue weighted by Gasteiger charge is 2.07. The van der Waals surface area contributed by atoms with E-state index in [0.717, 1.165) is 19.3 Å². The van der Waals surface area contributed by atoms with Gasteiger partial charge in [0.1, 0.15) is 0 Å². The molecule has 0 N–H and O–H groups in total. The molecule has 0 heterocycles. The van der Waals surface area contributed by atoms with Gasteiger partial charge in [-0.3, -0.25) is 0 Å². The second kappa shape index (κ2) is 8.36. The molecule has 0 bridgehead atoms. The van der Waals surface area contributed by atoms with E-state index in [2.05, 4.69) is 16.9 Å². The van der Waals surface area contributed by atoms with Gasteiger partial charge in [-0.25, -0.2) is 19.6 Å². The molecule has 0 aliphatic carbocycles. The number of aliphatic imine (C=N–C) groups is 2. The highest BCUT2D eigenvalue weighted by molar-refractivity contribution is 5.33. The van der Waals surface area contributed by atoms with Crippen LogP contribution in [-0.4, -0.2) is 24.7 Å². The van der Waals surface area contributed by atoms with E-state index in [1.54, 1.807) is 6.08 Å². The van der Waals surface area contributed by atoms with E-state index in [0.29, 0.717) is 12.5 Å². The maximum absolute atomic E-state index is 9.94. The summed E-state index contributed by atoms with van der Waals surface area (Å²) in [6.45, 7) is 4.46. The summed E-state index contributed by atoms with van der Waals surface area (Å²) < 4.78 is 0. The smallest absolute Gasteiger partial charge is 0.211 e. The first-order valence-electron chi connectivity index (χ1n) is 4.85. The Kier molecular flexibility index (Phi) is 7.62. The third-order valence-electron chi connectivity index (χ3n) is 2.26. The van der Waals surface area contributed by atoms with Crippen molar-refractivity contribution < 1.29 is 9.59 Å². The summed E-state index contributed by atoms with van der Waals surface area (Å²) in [6.07, 6.45) is 5.81. The molecule has 0 aromatic heterocycles. The van der Waals surface area contributed by atoms with E-state index >= 15 is 0 Å². The van der Waals surface area contributed by atoms with Crippen molar-refractivity contribution in [1.82, 2.24) is 0 Å². The standard InChI is InChI=1S/C10H16N2O2/c1-3-10(6-11-7-13)5-4-9(2)12-8-14/h9-10H,3-6H2,1-2H3. The second-order valence-corrected chi connectivity index (χ2v) is 3.35. The molecule has 0 spiro atoms. The van der Waals surface area contributed by atoms with Crippen LogP contribution in [0.25, 0.3) is 0 Å². The number of rotatable bonds is 7. The van der Waals surface area contributed by atoms with E-state index in [4.69, 9.17) is 0 Å². The molecule has 0 aliphatic heterocycles. The molecule has 2 atom stereocenters. The molecule has 0 fully saturated rings. The van der Waals surface area contributed by atoms with E-state index in [-0.39, 0.29) is 6.04 Å². The van der Waals surface area contributed by atoms with Gasteiger partial charge in [-0.15, -0.1) is 0 Å². The summed E-state index contributed by atoms with van der Waals surface area (Å²) >= 11 is 0. The summed E-state index contributed by atoms with van der Waals surface area (Å²) in [7, 11) is 0. The van der Waals surface area contributed by atoms with Gasteiger partial charge in [0, 0.05) is 0 Å². The number of hydrogen-bond acceptors (Lipinski definition) is 4. The predicted molar refractivity (Wildman–Crippen MR) is 53.6 cm³/mol. The van der Waals surface area contributed by atoms with Crippen molar-refractivity contribution in [2.45, 2.75) is 39.2 Å². The van der Waals surface area contributed by atoms with Gasteiger partial charge in [0.2, 0.25) is 12.2 Å². The van der Waals surface area contributed by atoms with Crippen LogP contribution in [0.2, 0.25) is 0 Å². The fraction of sp³-hybridized carbons (Fsp3) is 0.800. The molecule has 14 heavy (non-hydrogen) atoms. The fourth-order valence-electron chi connectivity index (χ4n) is 1.22. The normalized spacial score (nSPS) is 13.6. The highest BCUT2D eigenvalue weighted by Crippen LogP contribution is 2.13. The number of nitrogens with zero attached hydrogens (tertiary/aromatic N) is 2. The number of hydrogen-bond donors (Lipinski definition) is 0. The Bertz CT molecular complexity index is 241. The van der Waals surface area contributed by atoms with Crippen LogP contribution < -0.4 is 0 Å². The lowest BCUT2D eigenvalue weighted by Crippen LogP contribution is -2.07. The molecule has 2 unspecified atom stereocenters. The Morgan fingerprint density at radius 1 is 1.21 bits per heavy atom. The first-order valence-corrected chi connectivity index (χ1v) is 4.85. The Hall–Kier alpha value is -1.24. The van der Waals surface area contributed by atoms with E-state index < -0.39 is 0 Å². The molecule has 0 saturated carbocycles. The summed E-state index contributed by atoms with van der Waals surface area (Å²) in [5.41, 5.74) is 0. The van der Waals surface area contributed by atoms with Crippen LogP contribution >= 0.6 is 0 Å². The maximum atomic E-state index is 9.94. The third-order valence-corrected chi connectivity index (χ3v) is 2.26. The van der Waals surface area contributed by atoms with Crippen molar-refractivity contribution in [3.63, 3.8) is 0 Å². The molecule has 0 amide bonds. The van der Waals surface area contributed by atoms with Gasteiger partial charge in [-0.2, -0.15) is 0 Å². The zero-order chi connectivity index (χ0) is 10.8. The highest BCUT2D eigenvalue weighted by atomic mass is 16.1. The van der Waals surface area contributed by atoms with Crippen molar-refractivity contribution in [3.8, 4) is 0 Å². The van der Waals surface area contributed by atoms with Crippen molar-refractivity contribution in [1.29, 1.82) is 0 Å². The Labute approximate surface area is 84.1 Å². The zero-order valence-electron chi connectivity index (χ0n) is 8.69. The number of carbonyl (C=O) groups excluding carboxylic acids is 2. The molecule has 0 aliphatic rings. The van der Waals surface area contributed by atoms with E-state index in [1.807, 2.05) is 6.92 Å². The van der Waals surface area contributed by atoms with E-state index in [1.165, 1.54) is 6.08 Å². The summed E-state index contributed by atoms with van der Waals surface area (Å²) in [6, 6.07) is 0.0155. The number of isocyanates is 2. The monoisotopic (exact) mass is 196 g/mol. The molecule has 4 heteroatoms. The average Bonchev–Trinajstić information content (AvgIpc) is 2.19. The van der Waals surface area contributed by atoms with Crippen LogP contribution in [0.3, 0.4) is 0 Å². The Morgan fingerprint density at radius 3 is 2.43 bits per heavy atom. The molecular formula is C10H16N2O2. The topological polar surface area (TPSA) is 58.9 Å². The van der Waals surface area contributed by atoms with Gasteiger partial charge >= 0.3 is 0 Å². The van der Waals surface area contributed by atoms with Crippen LogP contribution in [0, 0.1) is 5.92 Å². The van der Waals surface area contributed by atoms with Crippen molar-refractivity contribution in [3.05, 3.63) is 0 Å². The van der Waals surface area contributed by atoms with E-state index in [9.17, 15) is 9.59 Å². The fourth-order valence-corrected chi connectivity index (χ4v) is 1.22. The van der Waals surface area contributed by atoms with Crippen molar-refractivity contribution >= 4 is 12.2 Å². The average molecular weight is 196 g/mol. The minimum Gasteiger partial charge on any atom is -0.211 e. The van der Waals surface area contributed by atoms with Gasteiger partial charge < -0.3 is 0 Å². The lowest BCUT2D eigenvalue weighted by molar-refractivity contribution is 0.442. The van der Waals surface area contributed by atoms with Crippen LogP contribution in [0.1, 0.15) is 33.1 Å². The molecule has 4 nitrogen and oxygen atoms in total. The Balaban J connectivity index is 3.82. The molecule has 0 aromatic carbocycles. The molecule has 78 valence electrons. The minimum atomic E-state index is 0.0155. The molecule has 0 aromatic rings. The van der Waals surface area contributed by atoms with Gasteiger partial charge in [-0.1, -0.05) is 13.3 Å². The van der Waals surface area contributed by atoms with Gasteiger partial charge in [0.05, 0.1) is 12.6 Å². The van der Waals surface area contributed by atoms with Crippen molar-refractivity contribution in [2.75, 3.05) is 6.54 Å². The Morgan fingerprint density at radius 2 is 1.93 bits per heavy atom. The van der Waals surface area contributed by atoms with Crippen LogP contribution in [0.4, 0.5) is 0 Å². The predicted octanol–water partition coefficient (Wildman–Crippen LogP) is 1.85. The van der Waals surface area contributed by atoms with Gasteiger partial charge in [0.25, 0.3) is 0 Å². The zero-order valence-corrected chi connectivity index (χ0v) is 8.69. The minimum absolute atomic E-state index is 0.0155. The van der Waals surface area contributed by atoms with Crippen molar-refractivity contribution in [2.24, 2.45) is 15.9 Å². The first kappa shape index (κ1) is 12.8. The SMILES string of the molecule is CCC(CCC(C)N=C=O)CN=C=O. The summed E-state index contributed by atoms with van der Waals surface area (Å²) in [4.78, 5) is 27.0. The summed E-state index contributed by atoms with van der Waals surface area (Å²) in [5.74, 6) is 0.390. The largest absolute Gasteiger partial charge is 0.235 e. The molecule has 0 radical (unpaired) electrons. The summed E-state index contributed by atoms with van der Waals surface area (Å²) in [5, 5.41) is 0. The van der Waals surface area contributed by atoms with Crippen LogP contribution in [-0.2, 0) is 9.59 Å². The van der Waals surface area contributed by atoms with Gasteiger partial charge in [0.15, 0.2) is 0 Å². The molecule has 0 saturated heterocycles. The maximum Gasteiger partial charge on any atom is 0.235 e. The quantitative estimate of drug-likeness (QED) is 0.461. The lowest BCUT2D eigenvalue weighted by atomic mass is 9.98. The van der Waals surface area contributed by atoms with Crippen LogP contribution in [0.15, 0.2) is 9.98 Å². The van der Waals surface area contributed by atoms with Crippen LogP contribution in [0.5, 0.6) is 0 Å². The third kappa shape index (κ3) is 6.30. The molecule has 0 rings (SSSR count). The molecular weight excluding hydrogens is 180 g/mol. The lowest BCUT2D eigenvalue weighted by Gasteiger charge is -2.11. The second-order valence-electron chi connectivity index (χ2n) is 3.35. The van der Waals surface area contributed by atoms with Gasteiger partial charge in [-0.05, 0) is 25.7 Å².